The molecule has 5 nitrogen and oxygen atoms in total. The van der Waals surface area contributed by atoms with E-state index >= 15 is 0 Å². The van der Waals surface area contributed by atoms with Crippen LogP contribution in [0.1, 0.15) is 271 Å². The topological polar surface area (TPSA) is 89.8 Å². The van der Waals surface area contributed by atoms with E-state index in [1.807, 2.05) is 6.08 Å². The molecule has 0 saturated heterocycles. The summed E-state index contributed by atoms with van der Waals surface area (Å²) < 4.78 is 0. The average molecular weight is 816 g/mol. The lowest BCUT2D eigenvalue weighted by Gasteiger charge is -2.21. The smallest absolute Gasteiger partial charge is 0.222 e. The molecule has 0 aliphatic heterocycles. The molecule has 0 rings (SSSR count). The van der Waals surface area contributed by atoms with Crippen LogP contribution in [0, 0.1) is 0 Å². The molecule has 342 valence electrons. The number of nitrogens with one attached hydrogen (secondary N) is 1. The predicted molar refractivity (Wildman–Crippen MR) is 254 cm³/mol. The first kappa shape index (κ1) is 56.6. The van der Waals surface area contributed by atoms with Crippen molar-refractivity contribution >= 4 is 5.91 Å². The highest BCUT2D eigenvalue weighted by molar-refractivity contribution is 5.76. The van der Waals surface area contributed by atoms with Gasteiger partial charge in [0, 0.05) is 0 Å². The van der Waals surface area contributed by atoms with Gasteiger partial charge in [0.15, 0.2) is 0 Å². The van der Waals surface area contributed by atoms with Crippen LogP contribution in [0.5, 0.6) is 0 Å². The lowest BCUT2D eigenvalue weighted by molar-refractivity contribution is -0.124. The molecular formula is C53H101NO4. The number of hydrogen-bond donors (Lipinski definition) is 4. The molecular weight excluding hydrogens is 715 g/mol. The predicted octanol–water partition coefficient (Wildman–Crippen LogP) is 15.5. The molecule has 0 saturated carbocycles. The summed E-state index contributed by atoms with van der Waals surface area (Å²) in [7, 11) is 0. The third kappa shape index (κ3) is 44.1. The summed E-state index contributed by atoms with van der Waals surface area (Å²) in [5.41, 5.74) is 0. The number of aliphatic hydroxyl groups is 3. The van der Waals surface area contributed by atoms with Crippen LogP contribution < -0.4 is 5.32 Å². The van der Waals surface area contributed by atoms with Crippen molar-refractivity contribution in [1.82, 2.24) is 5.32 Å². The molecule has 1 amide bonds. The Bertz CT molecular complexity index is 901. The van der Waals surface area contributed by atoms with Gasteiger partial charge in [0.2, 0.25) is 5.91 Å². The summed E-state index contributed by atoms with van der Waals surface area (Å²) in [5, 5.41) is 33.3. The molecule has 0 heterocycles. The normalized spacial score (nSPS) is 13.7. The molecule has 0 fully saturated rings. The van der Waals surface area contributed by atoms with E-state index in [-0.39, 0.29) is 18.9 Å². The number of carbonyl (C=O) groups excluding carboxylic acids is 1. The van der Waals surface area contributed by atoms with Crippen LogP contribution in [0.2, 0.25) is 0 Å². The minimum atomic E-state index is -0.958. The Morgan fingerprint density at radius 2 is 0.741 bits per heavy atom. The summed E-state index contributed by atoms with van der Waals surface area (Å²) in [6.07, 6.45) is 61.7. The minimum Gasteiger partial charge on any atom is -0.394 e. The largest absolute Gasteiger partial charge is 0.394 e. The van der Waals surface area contributed by atoms with E-state index in [9.17, 15) is 20.1 Å². The Balaban J connectivity index is 3.61. The summed E-state index contributed by atoms with van der Waals surface area (Å²) >= 11 is 0. The highest BCUT2D eigenvalue weighted by Gasteiger charge is 2.20. The molecule has 0 aliphatic rings. The molecule has 0 aromatic rings. The van der Waals surface area contributed by atoms with Crippen LogP contribution in [-0.4, -0.2) is 46.1 Å². The van der Waals surface area contributed by atoms with Crippen molar-refractivity contribution in [1.29, 1.82) is 0 Å². The van der Waals surface area contributed by atoms with Gasteiger partial charge in [-0.2, -0.15) is 0 Å². The van der Waals surface area contributed by atoms with Crippen LogP contribution in [-0.2, 0) is 4.79 Å². The monoisotopic (exact) mass is 816 g/mol. The fourth-order valence-electron chi connectivity index (χ4n) is 7.96. The van der Waals surface area contributed by atoms with Crippen LogP contribution in [0.25, 0.3) is 0 Å². The molecule has 0 aromatic carbocycles. The van der Waals surface area contributed by atoms with Crippen molar-refractivity contribution in [3.05, 3.63) is 36.5 Å². The number of allylic oxidation sites excluding steroid dienone is 5. The van der Waals surface area contributed by atoms with Crippen molar-refractivity contribution in [2.24, 2.45) is 0 Å². The summed E-state index contributed by atoms with van der Waals surface area (Å²) in [5.74, 6) is -0.326. The van der Waals surface area contributed by atoms with Crippen molar-refractivity contribution < 1.29 is 20.1 Å². The Morgan fingerprint density at radius 1 is 0.431 bits per heavy atom. The first-order valence-corrected chi connectivity index (χ1v) is 25.8. The van der Waals surface area contributed by atoms with Crippen molar-refractivity contribution in [3.8, 4) is 0 Å². The molecule has 5 heteroatoms. The van der Waals surface area contributed by atoms with Gasteiger partial charge in [-0.3, -0.25) is 4.79 Å². The first-order valence-electron chi connectivity index (χ1n) is 25.8. The number of amides is 1. The third-order valence-corrected chi connectivity index (χ3v) is 11.9. The van der Waals surface area contributed by atoms with E-state index in [4.69, 9.17) is 0 Å². The first-order chi connectivity index (χ1) is 28.5. The lowest BCUT2D eigenvalue weighted by atomic mass is 10.0. The van der Waals surface area contributed by atoms with Gasteiger partial charge in [-0.25, -0.2) is 0 Å². The molecule has 3 atom stereocenters. The van der Waals surface area contributed by atoms with Gasteiger partial charge in [0.1, 0.15) is 0 Å². The van der Waals surface area contributed by atoms with E-state index in [0.29, 0.717) is 6.42 Å². The zero-order valence-electron chi connectivity index (χ0n) is 38.9. The standard InChI is InChI=1S/C53H101NO4/c1-3-5-7-9-11-13-15-17-19-21-23-24-25-26-27-28-29-30-32-34-36-38-40-42-44-46-50(56)48-53(58)54-51(49-55)52(57)47-45-43-41-39-37-35-33-31-22-20-18-16-14-12-10-8-6-4-2/h22,31,37,39,45,47,50-52,55-57H,3-21,23-30,32-36,38,40-44,46,48-49H2,1-2H3,(H,54,58)/b31-22+,39-37+,47-45+. The maximum atomic E-state index is 12.5. The number of carbonyl (C=O) groups is 1. The highest BCUT2D eigenvalue weighted by Crippen LogP contribution is 2.17. The van der Waals surface area contributed by atoms with E-state index in [0.717, 1.165) is 38.5 Å². The van der Waals surface area contributed by atoms with Gasteiger partial charge >= 0.3 is 0 Å². The maximum Gasteiger partial charge on any atom is 0.222 e. The van der Waals surface area contributed by atoms with E-state index in [1.54, 1.807) is 6.08 Å². The second-order valence-electron chi connectivity index (χ2n) is 17.8. The van der Waals surface area contributed by atoms with Crippen molar-refractivity contribution in [2.45, 2.75) is 289 Å². The molecule has 0 radical (unpaired) electrons. The summed E-state index contributed by atoms with van der Waals surface area (Å²) in [4.78, 5) is 12.5. The van der Waals surface area contributed by atoms with Crippen molar-refractivity contribution in [3.63, 3.8) is 0 Å². The summed E-state index contributed by atoms with van der Waals surface area (Å²) in [6.45, 7) is 4.22. The van der Waals surface area contributed by atoms with E-state index < -0.39 is 18.2 Å². The van der Waals surface area contributed by atoms with Crippen LogP contribution in [0.3, 0.4) is 0 Å². The lowest BCUT2D eigenvalue weighted by Crippen LogP contribution is -2.45. The fraction of sp³-hybridized carbons (Fsp3) is 0.868. The SMILES string of the molecule is CCCCCCCCCC/C=C/CC/C=C/CC/C=C/C(O)C(CO)NC(=O)CC(O)CCCCCCCCCCCCCCCCCCCCCCCCCCC. The zero-order valence-corrected chi connectivity index (χ0v) is 38.9. The van der Waals surface area contributed by atoms with Crippen molar-refractivity contribution in [2.75, 3.05) is 6.61 Å². The molecule has 0 aromatic heterocycles. The van der Waals surface area contributed by atoms with Crippen LogP contribution in [0.4, 0.5) is 0 Å². The van der Waals surface area contributed by atoms with E-state index in [1.165, 1.54) is 205 Å². The Kier molecular flexibility index (Phi) is 47.0. The fourth-order valence-corrected chi connectivity index (χ4v) is 7.96. The number of unbranched alkanes of at least 4 members (excludes halogenated alkanes) is 34. The second-order valence-corrected chi connectivity index (χ2v) is 17.8. The second kappa shape index (κ2) is 48.2. The average Bonchev–Trinajstić information content (AvgIpc) is 3.22. The van der Waals surface area contributed by atoms with Gasteiger partial charge < -0.3 is 20.6 Å². The summed E-state index contributed by atoms with van der Waals surface area (Å²) in [6, 6.07) is -0.766. The van der Waals surface area contributed by atoms with Crippen LogP contribution >= 0.6 is 0 Å². The van der Waals surface area contributed by atoms with Gasteiger partial charge in [-0.1, -0.05) is 256 Å². The Morgan fingerprint density at radius 3 is 1.10 bits per heavy atom. The Labute approximate surface area is 362 Å². The molecule has 0 aliphatic carbocycles. The molecule has 58 heavy (non-hydrogen) atoms. The number of aliphatic hydroxyl groups excluding tert-OH is 3. The minimum absolute atomic E-state index is 0.00547. The maximum absolute atomic E-state index is 12.5. The van der Waals surface area contributed by atoms with Gasteiger partial charge in [-0.15, -0.1) is 0 Å². The Hall–Kier alpha value is -1.43. The van der Waals surface area contributed by atoms with Gasteiger partial charge in [0.25, 0.3) is 0 Å². The highest BCUT2D eigenvalue weighted by atomic mass is 16.3. The van der Waals surface area contributed by atoms with Crippen LogP contribution in [0.15, 0.2) is 36.5 Å². The quantitative estimate of drug-likeness (QED) is 0.0364. The third-order valence-electron chi connectivity index (χ3n) is 11.9. The number of hydrogen-bond acceptors (Lipinski definition) is 4. The molecule has 3 unspecified atom stereocenters. The molecule has 0 bridgehead atoms. The van der Waals surface area contributed by atoms with Gasteiger partial charge in [-0.05, 0) is 44.9 Å². The molecule has 4 N–H and O–H groups in total. The van der Waals surface area contributed by atoms with E-state index in [2.05, 4.69) is 43.5 Å². The zero-order chi connectivity index (χ0) is 42.3. The van der Waals surface area contributed by atoms with Gasteiger partial charge in [0.05, 0.1) is 31.3 Å². The molecule has 0 spiro atoms. The number of rotatable bonds is 47.